The molecule has 0 bridgehead atoms. The molecule has 1 aliphatic carbocycles. The molecule has 6 nitrogen and oxygen atoms in total. The molecule has 7 heteroatoms. The summed E-state index contributed by atoms with van der Waals surface area (Å²) in [6, 6.07) is 1.55. The second kappa shape index (κ2) is 4.61. The van der Waals surface area contributed by atoms with Gasteiger partial charge in [0.1, 0.15) is 0 Å². The van der Waals surface area contributed by atoms with Crippen LogP contribution in [0.25, 0.3) is 0 Å². The quantitative estimate of drug-likeness (QED) is 0.855. The van der Waals surface area contributed by atoms with Crippen LogP contribution in [-0.2, 0) is 0 Å². The maximum absolute atomic E-state index is 13.5. The molecule has 108 valence electrons. The van der Waals surface area contributed by atoms with E-state index in [4.69, 9.17) is 0 Å². The summed E-state index contributed by atoms with van der Waals surface area (Å²) in [4.78, 5) is 17.4. The van der Waals surface area contributed by atoms with E-state index in [-0.39, 0.29) is 17.5 Å². The van der Waals surface area contributed by atoms with Gasteiger partial charge in [-0.25, -0.2) is 9.07 Å². The van der Waals surface area contributed by atoms with Gasteiger partial charge in [0.15, 0.2) is 5.82 Å². The highest BCUT2D eigenvalue weighted by atomic mass is 19.1. The minimum absolute atomic E-state index is 0.0701. The number of hydrogen-bond donors (Lipinski definition) is 0. The minimum atomic E-state index is -0.581. The summed E-state index contributed by atoms with van der Waals surface area (Å²) in [5.74, 6) is -0.307. The standard InChI is InChI=1S/C14H14FN5O/c15-12-5-16-4-3-11(12)14(21)19-6-10(7-19)20-8-13(17-18-20)9-1-2-9/h3-5,8-10H,1-2,6-7H2. The van der Waals surface area contributed by atoms with E-state index >= 15 is 0 Å². The van der Waals surface area contributed by atoms with E-state index in [1.807, 2.05) is 10.9 Å². The molecule has 0 unspecified atom stereocenters. The average molecular weight is 287 g/mol. The summed E-state index contributed by atoms with van der Waals surface area (Å²) in [7, 11) is 0. The zero-order valence-electron chi connectivity index (χ0n) is 11.3. The zero-order chi connectivity index (χ0) is 14.4. The molecule has 1 saturated heterocycles. The van der Waals surface area contributed by atoms with E-state index in [1.165, 1.54) is 25.1 Å². The first-order valence-electron chi connectivity index (χ1n) is 7.03. The van der Waals surface area contributed by atoms with Crippen LogP contribution in [0.1, 0.15) is 40.9 Å². The first kappa shape index (κ1) is 12.4. The monoisotopic (exact) mass is 287 g/mol. The van der Waals surface area contributed by atoms with Crippen molar-refractivity contribution in [3.05, 3.63) is 41.7 Å². The van der Waals surface area contributed by atoms with Gasteiger partial charge in [0, 0.05) is 31.4 Å². The van der Waals surface area contributed by atoms with Crippen molar-refractivity contribution in [3.8, 4) is 0 Å². The topological polar surface area (TPSA) is 63.9 Å². The number of aromatic nitrogens is 4. The van der Waals surface area contributed by atoms with Crippen molar-refractivity contribution in [1.82, 2.24) is 24.9 Å². The van der Waals surface area contributed by atoms with Crippen LogP contribution in [0.4, 0.5) is 4.39 Å². The van der Waals surface area contributed by atoms with Crippen molar-refractivity contribution in [2.45, 2.75) is 24.8 Å². The van der Waals surface area contributed by atoms with Gasteiger partial charge in [0.25, 0.3) is 5.91 Å². The van der Waals surface area contributed by atoms with E-state index in [9.17, 15) is 9.18 Å². The van der Waals surface area contributed by atoms with E-state index in [1.54, 1.807) is 4.90 Å². The normalized spacial score (nSPS) is 18.6. The van der Waals surface area contributed by atoms with Crippen LogP contribution in [0.3, 0.4) is 0 Å². The number of carbonyl (C=O) groups excluding carboxylic acids is 1. The summed E-state index contributed by atoms with van der Waals surface area (Å²) in [6.07, 6.45) is 6.83. The van der Waals surface area contributed by atoms with Crippen molar-refractivity contribution in [1.29, 1.82) is 0 Å². The Kier molecular flexibility index (Phi) is 2.73. The second-order valence-electron chi connectivity index (χ2n) is 5.62. The van der Waals surface area contributed by atoms with Crippen LogP contribution in [0.15, 0.2) is 24.7 Å². The van der Waals surface area contributed by atoms with Gasteiger partial charge in [0.05, 0.1) is 23.5 Å². The Labute approximate surface area is 120 Å². The van der Waals surface area contributed by atoms with E-state index in [0.717, 1.165) is 11.9 Å². The molecule has 0 aromatic carbocycles. The van der Waals surface area contributed by atoms with Gasteiger partial charge in [-0.15, -0.1) is 5.10 Å². The Morgan fingerprint density at radius 3 is 2.86 bits per heavy atom. The number of amides is 1. The van der Waals surface area contributed by atoms with Gasteiger partial charge in [0.2, 0.25) is 0 Å². The summed E-state index contributed by atoms with van der Waals surface area (Å²) >= 11 is 0. The number of likely N-dealkylation sites (tertiary alicyclic amines) is 1. The molecular weight excluding hydrogens is 273 g/mol. The fraction of sp³-hybridized carbons (Fsp3) is 0.429. The second-order valence-corrected chi connectivity index (χ2v) is 5.62. The Balaban J connectivity index is 1.42. The molecule has 1 aliphatic heterocycles. The lowest BCUT2D eigenvalue weighted by atomic mass is 10.1. The Bertz CT molecular complexity index is 690. The lowest BCUT2D eigenvalue weighted by Crippen LogP contribution is -2.51. The van der Waals surface area contributed by atoms with Crippen LogP contribution >= 0.6 is 0 Å². The van der Waals surface area contributed by atoms with Gasteiger partial charge in [-0.05, 0) is 18.9 Å². The molecule has 0 radical (unpaired) electrons. The minimum Gasteiger partial charge on any atom is -0.334 e. The molecule has 2 aromatic rings. The highest BCUT2D eigenvalue weighted by molar-refractivity contribution is 5.94. The van der Waals surface area contributed by atoms with E-state index < -0.39 is 5.82 Å². The Hall–Kier alpha value is -2.31. The number of rotatable bonds is 3. The summed E-state index contributed by atoms with van der Waals surface area (Å²) in [5, 5.41) is 8.29. The third-order valence-corrected chi connectivity index (χ3v) is 4.05. The first-order chi connectivity index (χ1) is 10.2. The molecule has 4 rings (SSSR count). The summed E-state index contributed by atoms with van der Waals surface area (Å²) in [6.45, 7) is 1.07. The largest absolute Gasteiger partial charge is 0.334 e. The molecule has 0 N–H and O–H groups in total. The molecule has 3 heterocycles. The average Bonchev–Trinajstić information content (AvgIpc) is 3.17. The maximum Gasteiger partial charge on any atom is 0.257 e. The van der Waals surface area contributed by atoms with Crippen molar-refractivity contribution in [2.75, 3.05) is 13.1 Å². The van der Waals surface area contributed by atoms with Gasteiger partial charge in [-0.1, -0.05) is 5.21 Å². The third kappa shape index (κ3) is 2.18. The lowest BCUT2D eigenvalue weighted by Gasteiger charge is -2.38. The molecule has 2 fully saturated rings. The summed E-state index contributed by atoms with van der Waals surface area (Å²) < 4.78 is 15.4. The summed E-state index contributed by atoms with van der Waals surface area (Å²) in [5.41, 5.74) is 1.11. The van der Waals surface area contributed by atoms with Crippen LogP contribution in [0.5, 0.6) is 0 Å². The maximum atomic E-state index is 13.5. The Morgan fingerprint density at radius 2 is 2.14 bits per heavy atom. The highest BCUT2D eigenvalue weighted by Gasteiger charge is 2.35. The fourth-order valence-electron chi connectivity index (χ4n) is 2.54. The van der Waals surface area contributed by atoms with Crippen LogP contribution in [0, 0.1) is 5.82 Å². The van der Waals surface area contributed by atoms with Crippen LogP contribution in [0.2, 0.25) is 0 Å². The van der Waals surface area contributed by atoms with E-state index in [2.05, 4.69) is 15.3 Å². The van der Waals surface area contributed by atoms with Crippen LogP contribution < -0.4 is 0 Å². The molecule has 21 heavy (non-hydrogen) atoms. The first-order valence-corrected chi connectivity index (χ1v) is 7.03. The van der Waals surface area contributed by atoms with Gasteiger partial charge < -0.3 is 4.90 Å². The van der Waals surface area contributed by atoms with Crippen molar-refractivity contribution in [3.63, 3.8) is 0 Å². The van der Waals surface area contributed by atoms with E-state index in [0.29, 0.717) is 19.0 Å². The Morgan fingerprint density at radius 1 is 1.33 bits per heavy atom. The SMILES string of the molecule is O=C(c1ccncc1F)N1CC(n2cc(C3CC3)nn2)C1. The molecule has 2 aliphatic rings. The molecule has 0 spiro atoms. The van der Waals surface area contributed by atoms with Gasteiger partial charge >= 0.3 is 0 Å². The smallest absolute Gasteiger partial charge is 0.257 e. The lowest BCUT2D eigenvalue weighted by molar-refractivity contribution is 0.0493. The number of halogens is 1. The van der Waals surface area contributed by atoms with Crippen LogP contribution in [-0.4, -0.2) is 43.9 Å². The molecule has 1 amide bonds. The van der Waals surface area contributed by atoms with Crippen molar-refractivity contribution < 1.29 is 9.18 Å². The zero-order valence-corrected chi connectivity index (χ0v) is 11.3. The molecule has 1 saturated carbocycles. The van der Waals surface area contributed by atoms with Gasteiger partial charge in [-0.2, -0.15) is 0 Å². The number of pyridine rings is 1. The van der Waals surface area contributed by atoms with Gasteiger partial charge in [-0.3, -0.25) is 9.78 Å². The fourth-order valence-corrected chi connectivity index (χ4v) is 2.54. The predicted molar refractivity (Wildman–Crippen MR) is 71.1 cm³/mol. The number of hydrogen-bond acceptors (Lipinski definition) is 4. The molecule has 2 aromatic heterocycles. The third-order valence-electron chi connectivity index (χ3n) is 4.05. The molecule has 0 atom stereocenters. The molecular formula is C14H14FN5O. The number of nitrogens with zero attached hydrogens (tertiary/aromatic N) is 5. The van der Waals surface area contributed by atoms with Crippen molar-refractivity contribution in [2.24, 2.45) is 0 Å². The predicted octanol–water partition coefficient (Wildman–Crippen LogP) is 1.39. The highest BCUT2D eigenvalue weighted by Crippen LogP contribution is 2.39. The van der Waals surface area contributed by atoms with Crippen molar-refractivity contribution >= 4 is 5.91 Å². The number of carbonyl (C=O) groups is 1.